The standard InChI is InChI=1S/C29H29N5O4S/c1-18-11-19-5-7-25(33-28(19)34(2)16-18)24-8-6-21-14-30-23(13-26(21)32-24)15-31-29(35)20-3-4-22-17-38-9-10-39(36,37)27(22)12-20/h3-8,12-14,18H,9-11,15-17H2,1-2H3,(H,31,35)/t18-/m1/s1. The molecule has 39 heavy (non-hydrogen) atoms. The number of fused-ring (bicyclic) bond motifs is 3. The van der Waals surface area contributed by atoms with E-state index in [1.54, 1.807) is 18.3 Å². The second-order valence-electron chi connectivity index (χ2n) is 10.3. The lowest BCUT2D eigenvalue weighted by Crippen LogP contribution is -2.31. The molecule has 1 atom stereocenters. The number of sulfone groups is 1. The maximum Gasteiger partial charge on any atom is 0.251 e. The molecule has 1 aromatic carbocycles. The number of carbonyl (C=O) groups excluding carboxylic acids is 1. The van der Waals surface area contributed by atoms with E-state index in [4.69, 9.17) is 14.7 Å². The van der Waals surface area contributed by atoms with Gasteiger partial charge in [0.25, 0.3) is 5.91 Å². The number of anilines is 1. The molecule has 0 aliphatic carbocycles. The summed E-state index contributed by atoms with van der Waals surface area (Å²) in [4.78, 5) is 29.4. The first-order valence-corrected chi connectivity index (χ1v) is 14.6. The Morgan fingerprint density at radius 2 is 1.87 bits per heavy atom. The number of pyridine rings is 3. The minimum Gasteiger partial charge on any atom is -0.376 e. The van der Waals surface area contributed by atoms with E-state index < -0.39 is 9.84 Å². The number of nitrogens with zero attached hydrogens (tertiary/aromatic N) is 4. The first-order valence-electron chi connectivity index (χ1n) is 13.0. The average Bonchev–Trinajstić information content (AvgIpc) is 3.08. The van der Waals surface area contributed by atoms with Gasteiger partial charge >= 0.3 is 0 Å². The van der Waals surface area contributed by atoms with Gasteiger partial charge in [0, 0.05) is 30.7 Å². The molecule has 0 spiro atoms. The lowest BCUT2D eigenvalue weighted by molar-refractivity contribution is 0.0950. The predicted molar refractivity (Wildman–Crippen MR) is 148 cm³/mol. The zero-order valence-corrected chi connectivity index (χ0v) is 22.7. The molecule has 2 aliphatic rings. The van der Waals surface area contributed by atoms with Crippen LogP contribution in [0.25, 0.3) is 22.3 Å². The van der Waals surface area contributed by atoms with Crippen molar-refractivity contribution in [1.29, 1.82) is 0 Å². The van der Waals surface area contributed by atoms with Crippen LogP contribution in [0.1, 0.15) is 34.1 Å². The number of hydrogen-bond donors (Lipinski definition) is 1. The molecule has 6 rings (SSSR count). The molecule has 10 heteroatoms. The summed E-state index contributed by atoms with van der Waals surface area (Å²) in [6.07, 6.45) is 2.76. The van der Waals surface area contributed by atoms with Crippen molar-refractivity contribution in [2.75, 3.05) is 30.9 Å². The number of nitrogens with one attached hydrogen (secondary N) is 1. The Hall–Kier alpha value is -3.89. The monoisotopic (exact) mass is 543 g/mol. The molecule has 0 bridgehead atoms. The fourth-order valence-electron chi connectivity index (χ4n) is 5.24. The lowest BCUT2D eigenvalue weighted by atomic mass is 9.96. The van der Waals surface area contributed by atoms with Crippen LogP contribution in [0.15, 0.2) is 59.6 Å². The first-order chi connectivity index (χ1) is 18.8. The topological polar surface area (TPSA) is 114 Å². The van der Waals surface area contributed by atoms with E-state index in [0.29, 0.717) is 17.2 Å². The van der Waals surface area contributed by atoms with Crippen LogP contribution >= 0.6 is 0 Å². The summed E-state index contributed by atoms with van der Waals surface area (Å²) in [5, 5.41) is 3.73. The van der Waals surface area contributed by atoms with Crippen LogP contribution in [0, 0.1) is 5.92 Å². The zero-order chi connectivity index (χ0) is 27.1. The highest BCUT2D eigenvalue weighted by molar-refractivity contribution is 7.91. The van der Waals surface area contributed by atoms with Crippen molar-refractivity contribution >= 4 is 32.5 Å². The summed E-state index contributed by atoms with van der Waals surface area (Å²) in [5.74, 6) is 1.12. The van der Waals surface area contributed by atoms with E-state index in [9.17, 15) is 13.2 Å². The van der Waals surface area contributed by atoms with Gasteiger partial charge in [-0.1, -0.05) is 19.1 Å². The van der Waals surface area contributed by atoms with Crippen molar-refractivity contribution in [2.45, 2.75) is 31.4 Å². The summed E-state index contributed by atoms with van der Waals surface area (Å²) in [6.45, 7) is 3.75. The number of carbonyl (C=O) groups is 1. The van der Waals surface area contributed by atoms with Crippen molar-refractivity contribution < 1.29 is 17.9 Å². The molecule has 9 nitrogen and oxygen atoms in total. The van der Waals surface area contributed by atoms with Crippen LogP contribution in [-0.4, -0.2) is 55.2 Å². The molecule has 5 heterocycles. The second-order valence-corrected chi connectivity index (χ2v) is 12.4. The molecule has 1 amide bonds. The molecular weight excluding hydrogens is 514 g/mol. The maximum absolute atomic E-state index is 12.9. The molecule has 0 radical (unpaired) electrons. The van der Waals surface area contributed by atoms with Gasteiger partial charge in [0.2, 0.25) is 0 Å². The minimum atomic E-state index is -3.50. The quantitative estimate of drug-likeness (QED) is 0.416. The second kappa shape index (κ2) is 10.0. The summed E-state index contributed by atoms with van der Waals surface area (Å²) in [6, 6.07) is 14.6. The number of rotatable bonds is 4. The summed E-state index contributed by atoms with van der Waals surface area (Å²) < 4.78 is 30.5. The normalized spacial score (nSPS) is 18.2. The van der Waals surface area contributed by atoms with E-state index in [2.05, 4.69) is 35.2 Å². The summed E-state index contributed by atoms with van der Waals surface area (Å²) in [5.41, 5.74) is 5.08. The third-order valence-corrected chi connectivity index (χ3v) is 8.97. The highest BCUT2D eigenvalue weighted by atomic mass is 32.2. The number of aromatic nitrogens is 3. The van der Waals surface area contributed by atoms with E-state index in [1.165, 1.54) is 11.6 Å². The molecule has 0 saturated carbocycles. The van der Waals surface area contributed by atoms with Gasteiger partial charge in [-0.15, -0.1) is 0 Å². The molecule has 0 saturated heterocycles. The van der Waals surface area contributed by atoms with Gasteiger partial charge in [0.05, 0.1) is 53.0 Å². The van der Waals surface area contributed by atoms with Gasteiger partial charge in [0.15, 0.2) is 9.84 Å². The van der Waals surface area contributed by atoms with E-state index >= 15 is 0 Å². The van der Waals surface area contributed by atoms with Crippen LogP contribution in [0.4, 0.5) is 5.82 Å². The van der Waals surface area contributed by atoms with Crippen molar-refractivity contribution in [3.8, 4) is 11.4 Å². The Kier molecular flexibility index (Phi) is 6.52. The van der Waals surface area contributed by atoms with Crippen molar-refractivity contribution in [3.63, 3.8) is 0 Å². The van der Waals surface area contributed by atoms with E-state index in [0.717, 1.165) is 41.1 Å². The van der Waals surface area contributed by atoms with Gasteiger partial charge in [-0.2, -0.15) is 0 Å². The van der Waals surface area contributed by atoms with Gasteiger partial charge in [-0.05, 0) is 59.9 Å². The van der Waals surface area contributed by atoms with Crippen LogP contribution < -0.4 is 10.2 Å². The number of amides is 1. The van der Waals surface area contributed by atoms with Gasteiger partial charge in [0.1, 0.15) is 5.82 Å². The van der Waals surface area contributed by atoms with E-state index in [1.807, 2.05) is 24.3 Å². The Morgan fingerprint density at radius 1 is 1.08 bits per heavy atom. The van der Waals surface area contributed by atoms with Gasteiger partial charge in [-0.25, -0.2) is 18.4 Å². The molecule has 0 fully saturated rings. The Labute approximate surface area is 227 Å². The first kappa shape index (κ1) is 25.4. The maximum atomic E-state index is 12.9. The number of hydrogen-bond acceptors (Lipinski definition) is 8. The highest BCUT2D eigenvalue weighted by Gasteiger charge is 2.24. The molecule has 4 aromatic rings. The molecule has 0 unspecified atom stereocenters. The fourth-order valence-corrected chi connectivity index (χ4v) is 6.63. The smallest absolute Gasteiger partial charge is 0.251 e. The van der Waals surface area contributed by atoms with Gasteiger partial charge in [-0.3, -0.25) is 9.78 Å². The predicted octanol–water partition coefficient (Wildman–Crippen LogP) is 3.55. The minimum absolute atomic E-state index is 0.0993. The van der Waals surface area contributed by atoms with Gasteiger partial charge < -0.3 is 15.0 Å². The molecule has 1 N–H and O–H groups in total. The van der Waals surface area contributed by atoms with Crippen LogP contribution in [-0.2, 0) is 34.1 Å². The SMILES string of the molecule is C[C@@H]1Cc2ccc(-c3ccc4cnc(CNC(=O)c5ccc6c(c5)S(=O)(=O)CCOC6)cc4n3)nc2N(C)C1. The third kappa shape index (κ3) is 5.09. The Morgan fingerprint density at radius 3 is 2.74 bits per heavy atom. The molecule has 200 valence electrons. The lowest BCUT2D eigenvalue weighted by Gasteiger charge is -2.30. The highest BCUT2D eigenvalue weighted by Crippen LogP contribution is 2.30. The van der Waals surface area contributed by atoms with Crippen LogP contribution in [0.2, 0.25) is 0 Å². The summed E-state index contributed by atoms with van der Waals surface area (Å²) in [7, 11) is -1.42. The Bertz CT molecular complexity index is 1710. The molecule has 2 aliphatic heterocycles. The van der Waals surface area contributed by atoms with Crippen LogP contribution in [0.5, 0.6) is 0 Å². The number of ether oxygens (including phenoxy) is 1. The largest absolute Gasteiger partial charge is 0.376 e. The third-order valence-electron chi connectivity index (χ3n) is 7.21. The van der Waals surface area contributed by atoms with E-state index in [-0.39, 0.29) is 41.9 Å². The van der Waals surface area contributed by atoms with Crippen molar-refractivity contribution in [1.82, 2.24) is 20.3 Å². The number of benzene rings is 1. The molecule has 3 aromatic heterocycles. The fraction of sp³-hybridized carbons (Fsp3) is 0.310. The summed E-state index contributed by atoms with van der Waals surface area (Å²) >= 11 is 0. The molecular formula is C29H29N5O4S. The zero-order valence-electron chi connectivity index (χ0n) is 21.8. The average molecular weight is 544 g/mol. The van der Waals surface area contributed by atoms with Crippen molar-refractivity contribution in [2.24, 2.45) is 5.92 Å². The Balaban J connectivity index is 1.21. The van der Waals surface area contributed by atoms with Crippen molar-refractivity contribution in [3.05, 3.63) is 77.1 Å². The van der Waals surface area contributed by atoms with Crippen LogP contribution in [0.3, 0.4) is 0 Å².